The van der Waals surface area contributed by atoms with Crippen LogP contribution in [-0.2, 0) is 15.7 Å². The first-order chi connectivity index (χ1) is 18.6. The summed E-state index contributed by atoms with van der Waals surface area (Å²) in [4.78, 5) is 28.6. The van der Waals surface area contributed by atoms with E-state index in [0.29, 0.717) is 39.3 Å². The molecule has 200 valence electrons. The Kier molecular flexibility index (Phi) is 5.98. The normalized spacial score (nSPS) is 21.6. The third kappa shape index (κ3) is 4.56. The Morgan fingerprint density at radius 2 is 1.72 bits per heavy atom. The van der Waals surface area contributed by atoms with Crippen molar-refractivity contribution in [3.8, 4) is 11.1 Å². The van der Waals surface area contributed by atoms with E-state index in [9.17, 15) is 27.2 Å². The molecule has 39 heavy (non-hydrogen) atoms. The van der Waals surface area contributed by atoms with Gasteiger partial charge in [0.05, 0.1) is 17.7 Å². The highest BCUT2D eigenvalue weighted by Gasteiger charge is 2.68. The molecule has 10 heteroatoms. The lowest BCUT2D eigenvalue weighted by molar-refractivity contribution is -0.184. The number of alkyl halides is 3. The molecule has 0 atom stereocenters. The molecule has 1 heterocycles. The number of aromatic amines is 1. The van der Waals surface area contributed by atoms with Gasteiger partial charge in [-0.2, -0.15) is 13.2 Å². The van der Waals surface area contributed by atoms with Gasteiger partial charge in [0.25, 0.3) is 12.4 Å². The summed E-state index contributed by atoms with van der Waals surface area (Å²) in [5.41, 5.74) is 1.47. The minimum absolute atomic E-state index is 0.0619. The summed E-state index contributed by atoms with van der Waals surface area (Å²) in [5.74, 6) is -0.630. The minimum atomic E-state index is -4.43. The number of hydrogen-bond donors (Lipinski definition) is 2. The fourth-order valence-corrected chi connectivity index (χ4v) is 6.96. The zero-order valence-corrected chi connectivity index (χ0v) is 21.2. The van der Waals surface area contributed by atoms with Crippen LogP contribution in [0.15, 0.2) is 76.7 Å². The average Bonchev–Trinajstić information content (AvgIpc) is 3.28. The molecule has 3 aliphatic rings. The summed E-state index contributed by atoms with van der Waals surface area (Å²) >= 11 is 1.25. The van der Waals surface area contributed by atoms with E-state index in [4.69, 9.17) is 4.74 Å². The Hall–Kier alpha value is -3.79. The Morgan fingerprint density at radius 3 is 2.36 bits per heavy atom. The van der Waals surface area contributed by atoms with Gasteiger partial charge in [0.2, 0.25) is 0 Å². The standard InChI is InChI=1S/C29H22F4N2O3S/c30-19-5-1-17(2-6-19)21-9-10-22(26(37)35-28-12-27(13-28,14-28)15-38-16-36)24-23(11-34-25(21)24)39-20-7-3-18(4-8-20)29(31,32)33/h1-11,16,34H,12-15H2,(H,35,37). The predicted octanol–water partition coefficient (Wildman–Crippen LogP) is 6.97. The lowest BCUT2D eigenvalue weighted by Gasteiger charge is -2.70. The second-order valence-electron chi connectivity index (χ2n) is 10.4. The molecule has 4 aromatic rings. The number of amides is 1. The number of H-pyrrole nitrogens is 1. The van der Waals surface area contributed by atoms with E-state index in [2.05, 4.69) is 10.3 Å². The molecule has 7 rings (SSSR count). The van der Waals surface area contributed by atoms with Gasteiger partial charge in [-0.3, -0.25) is 9.59 Å². The topological polar surface area (TPSA) is 71.2 Å². The molecule has 0 aliphatic heterocycles. The van der Waals surface area contributed by atoms with Crippen LogP contribution in [0.4, 0.5) is 17.6 Å². The van der Waals surface area contributed by atoms with Crippen molar-refractivity contribution in [3.63, 3.8) is 0 Å². The van der Waals surface area contributed by atoms with Crippen molar-refractivity contribution in [2.75, 3.05) is 6.61 Å². The highest BCUT2D eigenvalue weighted by Crippen LogP contribution is 2.67. The van der Waals surface area contributed by atoms with Gasteiger partial charge in [0.1, 0.15) is 5.82 Å². The van der Waals surface area contributed by atoms with Gasteiger partial charge in [0.15, 0.2) is 0 Å². The Bertz CT molecular complexity index is 1560. The first kappa shape index (κ1) is 25.5. The number of fused-ring (bicyclic) bond motifs is 1. The van der Waals surface area contributed by atoms with Gasteiger partial charge in [-0.25, -0.2) is 4.39 Å². The van der Waals surface area contributed by atoms with E-state index in [0.717, 1.165) is 42.5 Å². The number of rotatable bonds is 8. The average molecular weight is 555 g/mol. The third-order valence-corrected chi connectivity index (χ3v) is 8.63. The molecule has 1 amide bonds. The molecule has 0 spiro atoms. The van der Waals surface area contributed by atoms with Crippen molar-refractivity contribution in [2.45, 2.75) is 40.8 Å². The van der Waals surface area contributed by atoms with Gasteiger partial charge < -0.3 is 15.0 Å². The Morgan fingerprint density at radius 1 is 1.03 bits per heavy atom. The van der Waals surface area contributed by atoms with Gasteiger partial charge in [-0.15, -0.1) is 0 Å². The Balaban J connectivity index is 1.34. The van der Waals surface area contributed by atoms with Crippen LogP contribution in [0.1, 0.15) is 35.2 Å². The van der Waals surface area contributed by atoms with E-state index in [1.807, 2.05) is 0 Å². The maximum Gasteiger partial charge on any atom is 0.416 e. The zero-order valence-electron chi connectivity index (χ0n) is 20.4. The minimum Gasteiger partial charge on any atom is -0.467 e. The number of benzene rings is 3. The smallest absolute Gasteiger partial charge is 0.416 e. The van der Waals surface area contributed by atoms with Crippen LogP contribution in [0.2, 0.25) is 0 Å². The van der Waals surface area contributed by atoms with E-state index in [1.54, 1.807) is 30.5 Å². The highest BCUT2D eigenvalue weighted by molar-refractivity contribution is 7.99. The predicted molar refractivity (Wildman–Crippen MR) is 138 cm³/mol. The van der Waals surface area contributed by atoms with Crippen LogP contribution in [0.25, 0.3) is 22.0 Å². The zero-order chi connectivity index (χ0) is 27.4. The molecule has 1 aromatic heterocycles. The monoisotopic (exact) mass is 554 g/mol. The number of ether oxygens (including phenoxy) is 1. The molecule has 3 saturated carbocycles. The molecule has 5 nitrogen and oxygen atoms in total. The van der Waals surface area contributed by atoms with Gasteiger partial charge in [0, 0.05) is 43.5 Å². The lowest BCUT2D eigenvalue weighted by Crippen LogP contribution is -2.75. The van der Waals surface area contributed by atoms with Crippen molar-refractivity contribution in [1.29, 1.82) is 0 Å². The van der Waals surface area contributed by atoms with Crippen LogP contribution < -0.4 is 5.32 Å². The van der Waals surface area contributed by atoms with E-state index < -0.39 is 11.7 Å². The number of halogens is 4. The largest absolute Gasteiger partial charge is 0.467 e. The second-order valence-corrected chi connectivity index (χ2v) is 11.5. The quantitative estimate of drug-likeness (QED) is 0.182. The molecule has 0 radical (unpaired) electrons. The molecular formula is C29H22F4N2O3S. The van der Waals surface area contributed by atoms with E-state index in [1.165, 1.54) is 36.0 Å². The highest BCUT2D eigenvalue weighted by atomic mass is 32.2. The van der Waals surface area contributed by atoms with Crippen LogP contribution in [0.5, 0.6) is 0 Å². The van der Waals surface area contributed by atoms with Crippen LogP contribution >= 0.6 is 11.8 Å². The van der Waals surface area contributed by atoms with Crippen molar-refractivity contribution in [1.82, 2.24) is 10.3 Å². The maximum absolute atomic E-state index is 13.6. The first-order valence-corrected chi connectivity index (χ1v) is 13.1. The molecule has 3 aliphatic carbocycles. The number of nitrogens with one attached hydrogen (secondary N) is 2. The molecule has 2 bridgehead atoms. The maximum atomic E-state index is 13.6. The van der Waals surface area contributed by atoms with Crippen molar-refractivity contribution in [2.24, 2.45) is 5.41 Å². The van der Waals surface area contributed by atoms with Crippen LogP contribution in [0, 0.1) is 11.2 Å². The van der Waals surface area contributed by atoms with Crippen molar-refractivity contribution >= 4 is 35.0 Å². The summed E-state index contributed by atoms with van der Waals surface area (Å²) in [6.45, 7) is 0.781. The van der Waals surface area contributed by atoms with Crippen molar-refractivity contribution in [3.05, 3.63) is 83.8 Å². The van der Waals surface area contributed by atoms with Gasteiger partial charge in [-0.1, -0.05) is 30.0 Å². The summed E-state index contributed by atoms with van der Waals surface area (Å²) in [5, 5.41) is 3.79. The number of hydrogen-bond acceptors (Lipinski definition) is 4. The molecule has 3 aromatic carbocycles. The molecular weight excluding hydrogens is 532 g/mol. The second kappa shape index (κ2) is 9.15. The fourth-order valence-electron chi connectivity index (χ4n) is 6.00. The summed E-state index contributed by atoms with van der Waals surface area (Å²) in [7, 11) is 0. The third-order valence-electron chi connectivity index (χ3n) is 7.59. The molecule has 2 N–H and O–H groups in total. The lowest BCUT2D eigenvalue weighted by atomic mass is 9.39. The number of aromatic nitrogens is 1. The fraction of sp³-hybridized carbons (Fsp3) is 0.241. The Labute approximate surface area is 224 Å². The van der Waals surface area contributed by atoms with E-state index >= 15 is 0 Å². The molecule has 0 saturated heterocycles. The van der Waals surface area contributed by atoms with Crippen LogP contribution in [-0.4, -0.2) is 29.5 Å². The summed E-state index contributed by atoms with van der Waals surface area (Å²) in [6, 6.07) is 14.4. The number of carbonyl (C=O) groups is 2. The van der Waals surface area contributed by atoms with E-state index in [-0.39, 0.29) is 22.7 Å². The summed E-state index contributed by atoms with van der Waals surface area (Å²) in [6.07, 6.45) is -0.508. The number of carbonyl (C=O) groups excluding carboxylic acids is 2. The SMILES string of the molecule is O=COCC12CC(NC(=O)c3ccc(-c4ccc(F)cc4)c4[nH]cc(Sc5ccc(C(F)(F)F)cc5)c34)(C1)C2. The van der Waals surface area contributed by atoms with Crippen molar-refractivity contribution < 1.29 is 31.9 Å². The molecule has 0 unspecified atom stereocenters. The molecule has 3 fully saturated rings. The first-order valence-electron chi connectivity index (χ1n) is 12.2. The summed E-state index contributed by atoms with van der Waals surface area (Å²) < 4.78 is 57.6. The van der Waals surface area contributed by atoms with Gasteiger partial charge >= 0.3 is 6.18 Å². The van der Waals surface area contributed by atoms with Crippen LogP contribution in [0.3, 0.4) is 0 Å². The van der Waals surface area contributed by atoms with Gasteiger partial charge in [-0.05, 0) is 67.3 Å².